The van der Waals surface area contributed by atoms with Crippen molar-refractivity contribution in [3.05, 3.63) is 70.8 Å². The fourth-order valence-electron chi connectivity index (χ4n) is 2.95. The van der Waals surface area contributed by atoms with E-state index in [1.54, 1.807) is 12.1 Å². The van der Waals surface area contributed by atoms with Gasteiger partial charge in [0, 0.05) is 24.9 Å². The van der Waals surface area contributed by atoms with Gasteiger partial charge in [0.15, 0.2) is 0 Å². The summed E-state index contributed by atoms with van der Waals surface area (Å²) in [5.41, 5.74) is 4.66. The van der Waals surface area contributed by atoms with Crippen molar-refractivity contribution >= 4 is 17.7 Å². The Bertz CT molecular complexity index is 833. The molecule has 0 unspecified atom stereocenters. The standard InChI is InChI=1S/C20H19N3O/c1-23-12-11-18-17(14-23)7-4-8-19(18)22-20(24)10-9-15-5-2-3-6-16(15)13-21/h2-10H,11-12,14H2,1H3,(H,22,24). The third-order valence-electron chi connectivity index (χ3n) is 4.21. The van der Waals surface area contributed by atoms with E-state index in [4.69, 9.17) is 5.26 Å². The number of nitrogens with zero attached hydrogens (tertiary/aromatic N) is 2. The van der Waals surface area contributed by atoms with Gasteiger partial charge in [-0.1, -0.05) is 30.3 Å². The summed E-state index contributed by atoms with van der Waals surface area (Å²) in [5, 5.41) is 12.0. The van der Waals surface area contributed by atoms with E-state index in [9.17, 15) is 4.79 Å². The van der Waals surface area contributed by atoms with E-state index in [1.807, 2.05) is 30.3 Å². The maximum absolute atomic E-state index is 12.2. The Hall–Kier alpha value is -2.90. The van der Waals surface area contributed by atoms with Crippen LogP contribution in [0.1, 0.15) is 22.3 Å². The van der Waals surface area contributed by atoms with Crippen LogP contribution >= 0.6 is 0 Å². The average molecular weight is 317 g/mol. The van der Waals surface area contributed by atoms with Crippen molar-refractivity contribution in [2.24, 2.45) is 0 Å². The molecule has 0 bridgehead atoms. The molecule has 4 heteroatoms. The molecular weight excluding hydrogens is 298 g/mol. The second-order valence-corrected chi connectivity index (χ2v) is 5.95. The molecule has 120 valence electrons. The van der Waals surface area contributed by atoms with Gasteiger partial charge in [0.1, 0.15) is 0 Å². The van der Waals surface area contributed by atoms with Gasteiger partial charge in [-0.3, -0.25) is 4.79 Å². The zero-order chi connectivity index (χ0) is 16.9. The third-order valence-corrected chi connectivity index (χ3v) is 4.21. The van der Waals surface area contributed by atoms with Crippen LogP contribution in [0.4, 0.5) is 5.69 Å². The van der Waals surface area contributed by atoms with Gasteiger partial charge in [-0.2, -0.15) is 5.26 Å². The molecule has 2 aromatic carbocycles. The van der Waals surface area contributed by atoms with Crippen LogP contribution in [0.5, 0.6) is 0 Å². The number of hydrogen-bond acceptors (Lipinski definition) is 3. The molecule has 1 heterocycles. The number of benzene rings is 2. The Kier molecular flexibility index (Phi) is 4.74. The molecule has 24 heavy (non-hydrogen) atoms. The largest absolute Gasteiger partial charge is 0.322 e. The van der Waals surface area contributed by atoms with Gasteiger partial charge < -0.3 is 10.2 Å². The number of nitriles is 1. The summed E-state index contributed by atoms with van der Waals surface area (Å²) in [5.74, 6) is -0.185. The number of likely N-dealkylation sites (N-methyl/N-ethyl adjacent to an activating group) is 1. The Morgan fingerprint density at radius 3 is 2.92 bits per heavy atom. The van der Waals surface area contributed by atoms with Crippen LogP contribution in [0, 0.1) is 11.3 Å². The van der Waals surface area contributed by atoms with E-state index in [1.165, 1.54) is 17.2 Å². The number of fused-ring (bicyclic) bond motifs is 1. The van der Waals surface area contributed by atoms with Crippen molar-refractivity contribution in [2.75, 3.05) is 18.9 Å². The molecule has 1 aliphatic rings. The van der Waals surface area contributed by atoms with Gasteiger partial charge in [0.05, 0.1) is 11.6 Å². The summed E-state index contributed by atoms with van der Waals surface area (Å²) in [6, 6.07) is 15.4. The zero-order valence-electron chi connectivity index (χ0n) is 13.6. The van der Waals surface area contributed by atoms with Crippen molar-refractivity contribution in [2.45, 2.75) is 13.0 Å². The molecule has 0 atom stereocenters. The highest BCUT2D eigenvalue weighted by Crippen LogP contribution is 2.25. The maximum Gasteiger partial charge on any atom is 0.248 e. The minimum absolute atomic E-state index is 0.185. The predicted molar refractivity (Wildman–Crippen MR) is 95.3 cm³/mol. The average Bonchev–Trinajstić information content (AvgIpc) is 2.60. The minimum atomic E-state index is -0.185. The summed E-state index contributed by atoms with van der Waals surface area (Å²) in [7, 11) is 2.10. The molecule has 0 spiro atoms. The molecule has 0 saturated heterocycles. The molecule has 4 nitrogen and oxygen atoms in total. The van der Waals surface area contributed by atoms with Crippen molar-refractivity contribution in [3.63, 3.8) is 0 Å². The van der Waals surface area contributed by atoms with Gasteiger partial charge in [-0.25, -0.2) is 0 Å². The number of amides is 1. The molecule has 3 rings (SSSR count). The molecule has 0 aliphatic carbocycles. The van der Waals surface area contributed by atoms with Crippen LogP contribution in [0.15, 0.2) is 48.5 Å². The molecule has 0 fully saturated rings. The van der Waals surface area contributed by atoms with E-state index in [0.29, 0.717) is 5.56 Å². The molecule has 1 aliphatic heterocycles. The Morgan fingerprint density at radius 2 is 2.08 bits per heavy atom. The first kappa shape index (κ1) is 16.0. The summed E-state index contributed by atoms with van der Waals surface area (Å²) < 4.78 is 0. The van der Waals surface area contributed by atoms with Crippen LogP contribution in [0.25, 0.3) is 6.08 Å². The number of nitrogens with one attached hydrogen (secondary N) is 1. The van der Waals surface area contributed by atoms with Gasteiger partial charge in [-0.05, 0) is 48.4 Å². The van der Waals surface area contributed by atoms with E-state index >= 15 is 0 Å². The normalized spacial score (nSPS) is 14.2. The van der Waals surface area contributed by atoms with Crippen LogP contribution in [-0.2, 0) is 17.8 Å². The number of anilines is 1. The van der Waals surface area contributed by atoms with Crippen LogP contribution < -0.4 is 5.32 Å². The van der Waals surface area contributed by atoms with E-state index in [2.05, 4.69) is 29.4 Å². The van der Waals surface area contributed by atoms with E-state index in [-0.39, 0.29) is 5.91 Å². The Morgan fingerprint density at radius 1 is 1.25 bits per heavy atom. The lowest BCUT2D eigenvalue weighted by Crippen LogP contribution is -2.27. The summed E-state index contributed by atoms with van der Waals surface area (Å²) in [4.78, 5) is 14.5. The Labute approximate surface area is 142 Å². The SMILES string of the molecule is CN1CCc2c(cccc2NC(=O)C=Cc2ccccc2C#N)C1. The molecule has 0 radical (unpaired) electrons. The van der Waals surface area contributed by atoms with Crippen molar-refractivity contribution in [3.8, 4) is 6.07 Å². The first-order chi connectivity index (χ1) is 11.7. The zero-order valence-corrected chi connectivity index (χ0v) is 13.6. The molecule has 1 amide bonds. The van der Waals surface area contributed by atoms with Crippen LogP contribution in [0.2, 0.25) is 0 Å². The van der Waals surface area contributed by atoms with Gasteiger partial charge in [0.25, 0.3) is 0 Å². The van der Waals surface area contributed by atoms with Crippen LogP contribution in [0.3, 0.4) is 0 Å². The van der Waals surface area contributed by atoms with Gasteiger partial charge in [0.2, 0.25) is 5.91 Å². The number of carbonyl (C=O) groups excluding carboxylic acids is 1. The predicted octanol–water partition coefficient (Wildman–Crippen LogP) is 3.20. The first-order valence-electron chi connectivity index (χ1n) is 7.95. The van der Waals surface area contributed by atoms with Crippen molar-refractivity contribution in [1.82, 2.24) is 4.90 Å². The minimum Gasteiger partial charge on any atom is -0.322 e. The van der Waals surface area contributed by atoms with Gasteiger partial charge >= 0.3 is 0 Å². The van der Waals surface area contributed by atoms with Crippen molar-refractivity contribution < 1.29 is 4.79 Å². The molecular formula is C20H19N3O. The van der Waals surface area contributed by atoms with E-state index in [0.717, 1.165) is 30.8 Å². The third kappa shape index (κ3) is 3.53. The highest BCUT2D eigenvalue weighted by atomic mass is 16.1. The number of rotatable bonds is 3. The molecule has 2 aromatic rings. The number of hydrogen-bond donors (Lipinski definition) is 1. The molecule has 0 aromatic heterocycles. The quantitative estimate of drug-likeness (QED) is 0.885. The summed E-state index contributed by atoms with van der Waals surface area (Å²) in [6.45, 7) is 1.90. The van der Waals surface area contributed by atoms with Crippen molar-refractivity contribution in [1.29, 1.82) is 5.26 Å². The monoisotopic (exact) mass is 317 g/mol. The fourth-order valence-corrected chi connectivity index (χ4v) is 2.95. The summed E-state index contributed by atoms with van der Waals surface area (Å²) in [6.07, 6.45) is 4.09. The second kappa shape index (κ2) is 7.12. The van der Waals surface area contributed by atoms with E-state index < -0.39 is 0 Å². The topological polar surface area (TPSA) is 56.1 Å². The highest BCUT2D eigenvalue weighted by Gasteiger charge is 2.16. The highest BCUT2D eigenvalue weighted by molar-refractivity contribution is 6.02. The smallest absolute Gasteiger partial charge is 0.248 e. The lowest BCUT2D eigenvalue weighted by atomic mass is 9.98. The maximum atomic E-state index is 12.2. The molecule has 0 saturated carbocycles. The van der Waals surface area contributed by atoms with Gasteiger partial charge in [-0.15, -0.1) is 0 Å². The fraction of sp³-hybridized carbons (Fsp3) is 0.200. The number of carbonyl (C=O) groups is 1. The van der Waals surface area contributed by atoms with Crippen LogP contribution in [-0.4, -0.2) is 24.4 Å². The first-order valence-corrected chi connectivity index (χ1v) is 7.95. The lowest BCUT2D eigenvalue weighted by molar-refractivity contribution is -0.111. The lowest BCUT2D eigenvalue weighted by Gasteiger charge is -2.26. The molecule has 1 N–H and O–H groups in total. The summed E-state index contributed by atoms with van der Waals surface area (Å²) >= 11 is 0. The Balaban J connectivity index is 1.75. The second-order valence-electron chi connectivity index (χ2n) is 5.95.